The molecular formula is C21H25ClN2O3. The molecule has 2 aromatic carbocycles. The van der Waals surface area contributed by atoms with Crippen molar-refractivity contribution >= 4 is 23.7 Å². The molecular weight excluding hydrogens is 364 g/mol. The number of hydrazone groups is 1. The summed E-state index contributed by atoms with van der Waals surface area (Å²) in [5.41, 5.74) is 5.37. The summed E-state index contributed by atoms with van der Waals surface area (Å²) in [6.45, 7) is 8.50. The molecule has 0 unspecified atom stereocenters. The molecule has 0 fully saturated rings. The topological polar surface area (TPSA) is 59.9 Å². The summed E-state index contributed by atoms with van der Waals surface area (Å²) >= 11 is 6.03. The highest BCUT2D eigenvalue weighted by Gasteiger charge is 2.09. The number of halogens is 1. The Morgan fingerprint density at radius 3 is 2.52 bits per heavy atom. The van der Waals surface area contributed by atoms with Gasteiger partial charge in [0, 0.05) is 17.5 Å². The van der Waals surface area contributed by atoms with Crippen LogP contribution in [-0.2, 0) is 4.79 Å². The van der Waals surface area contributed by atoms with E-state index in [-0.39, 0.29) is 5.91 Å². The van der Waals surface area contributed by atoms with Gasteiger partial charge < -0.3 is 9.47 Å². The minimum absolute atomic E-state index is 0.247. The zero-order valence-electron chi connectivity index (χ0n) is 16.1. The van der Waals surface area contributed by atoms with Gasteiger partial charge in [-0.3, -0.25) is 4.79 Å². The summed E-state index contributed by atoms with van der Waals surface area (Å²) in [7, 11) is 0. The average Bonchev–Trinajstić information content (AvgIpc) is 2.59. The molecule has 0 aliphatic heterocycles. The van der Waals surface area contributed by atoms with Crippen molar-refractivity contribution in [3.63, 3.8) is 0 Å². The Labute approximate surface area is 165 Å². The minimum atomic E-state index is -0.247. The van der Waals surface area contributed by atoms with Crippen LogP contribution in [0.1, 0.15) is 43.4 Å². The SMILES string of the molecule is CC(=O)N/N=C/c1cc(Cl)ccc1OCCOc1cc(C)ccc1C(C)C. The minimum Gasteiger partial charge on any atom is -0.490 e. The van der Waals surface area contributed by atoms with Gasteiger partial charge in [0.05, 0.1) is 6.21 Å². The first-order chi connectivity index (χ1) is 12.9. The summed E-state index contributed by atoms with van der Waals surface area (Å²) in [5, 5.41) is 4.42. The summed E-state index contributed by atoms with van der Waals surface area (Å²) in [5.74, 6) is 1.64. The first kappa shape index (κ1) is 20.8. The summed E-state index contributed by atoms with van der Waals surface area (Å²) < 4.78 is 11.7. The van der Waals surface area contributed by atoms with Crippen LogP contribution in [0.3, 0.4) is 0 Å². The lowest BCUT2D eigenvalue weighted by Gasteiger charge is -2.15. The Bertz CT molecular complexity index is 819. The monoisotopic (exact) mass is 388 g/mol. The van der Waals surface area contributed by atoms with Crippen LogP contribution in [0.5, 0.6) is 11.5 Å². The number of aryl methyl sites for hydroxylation is 1. The van der Waals surface area contributed by atoms with Gasteiger partial charge in [0.1, 0.15) is 24.7 Å². The van der Waals surface area contributed by atoms with E-state index in [9.17, 15) is 4.79 Å². The van der Waals surface area contributed by atoms with Gasteiger partial charge in [-0.05, 0) is 48.2 Å². The molecule has 5 nitrogen and oxygen atoms in total. The van der Waals surface area contributed by atoms with Crippen LogP contribution in [0, 0.1) is 6.92 Å². The second-order valence-corrected chi connectivity index (χ2v) is 6.94. The predicted octanol–water partition coefficient (Wildman–Crippen LogP) is 4.70. The lowest BCUT2D eigenvalue weighted by Crippen LogP contribution is -2.13. The molecule has 0 atom stereocenters. The Hall–Kier alpha value is -2.53. The summed E-state index contributed by atoms with van der Waals surface area (Å²) in [4.78, 5) is 10.9. The van der Waals surface area contributed by atoms with Crippen LogP contribution in [-0.4, -0.2) is 25.3 Å². The van der Waals surface area contributed by atoms with Gasteiger partial charge in [0.2, 0.25) is 5.91 Å². The van der Waals surface area contributed by atoms with E-state index in [1.807, 2.05) is 13.0 Å². The fourth-order valence-corrected chi connectivity index (χ4v) is 2.67. The van der Waals surface area contributed by atoms with Crippen LogP contribution in [0.15, 0.2) is 41.5 Å². The fourth-order valence-electron chi connectivity index (χ4n) is 2.49. The molecule has 2 rings (SSSR count). The number of rotatable bonds is 8. The lowest BCUT2D eigenvalue weighted by atomic mass is 10.0. The number of nitrogens with zero attached hydrogens (tertiary/aromatic N) is 1. The molecule has 1 amide bonds. The van der Waals surface area contributed by atoms with Gasteiger partial charge in [-0.2, -0.15) is 5.10 Å². The van der Waals surface area contributed by atoms with Crippen molar-refractivity contribution in [3.8, 4) is 11.5 Å². The Morgan fingerprint density at radius 1 is 1.15 bits per heavy atom. The van der Waals surface area contributed by atoms with Crippen LogP contribution >= 0.6 is 11.6 Å². The van der Waals surface area contributed by atoms with Crippen molar-refractivity contribution in [2.24, 2.45) is 5.10 Å². The number of amides is 1. The highest BCUT2D eigenvalue weighted by molar-refractivity contribution is 6.30. The third kappa shape index (κ3) is 6.61. The number of hydrogen-bond donors (Lipinski definition) is 1. The van der Waals surface area contributed by atoms with E-state index < -0.39 is 0 Å². The standard InChI is InChI=1S/C21H25ClN2O3/c1-14(2)19-7-5-15(3)11-21(19)27-10-9-26-20-8-6-18(22)12-17(20)13-23-24-16(4)25/h5-8,11-14H,9-10H2,1-4H3,(H,24,25)/b23-13+. The summed E-state index contributed by atoms with van der Waals surface area (Å²) in [6, 6.07) is 11.5. The van der Waals surface area contributed by atoms with Crippen molar-refractivity contribution in [1.82, 2.24) is 5.43 Å². The molecule has 0 spiro atoms. The fraction of sp³-hybridized carbons (Fsp3) is 0.333. The number of hydrogen-bond acceptors (Lipinski definition) is 4. The van der Waals surface area contributed by atoms with Gasteiger partial charge in [0.15, 0.2) is 0 Å². The molecule has 1 N–H and O–H groups in total. The molecule has 2 aromatic rings. The van der Waals surface area contributed by atoms with Crippen LogP contribution in [0.2, 0.25) is 5.02 Å². The van der Waals surface area contributed by atoms with Gasteiger partial charge in [-0.25, -0.2) is 5.43 Å². The van der Waals surface area contributed by atoms with Crippen LogP contribution < -0.4 is 14.9 Å². The molecule has 0 aliphatic rings. The number of ether oxygens (including phenoxy) is 2. The Balaban J connectivity index is 1.99. The zero-order chi connectivity index (χ0) is 19.8. The molecule has 0 saturated carbocycles. The molecule has 0 heterocycles. The highest BCUT2D eigenvalue weighted by atomic mass is 35.5. The summed E-state index contributed by atoms with van der Waals surface area (Å²) in [6.07, 6.45) is 1.50. The third-order valence-electron chi connectivity index (χ3n) is 3.79. The van der Waals surface area contributed by atoms with Gasteiger partial charge in [0.25, 0.3) is 0 Å². The van der Waals surface area contributed by atoms with E-state index in [1.165, 1.54) is 18.7 Å². The van der Waals surface area contributed by atoms with E-state index >= 15 is 0 Å². The average molecular weight is 389 g/mol. The van der Waals surface area contributed by atoms with E-state index in [0.29, 0.717) is 35.5 Å². The maximum atomic E-state index is 10.9. The van der Waals surface area contributed by atoms with Gasteiger partial charge in [-0.15, -0.1) is 0 Å². The molecule has 144 valence electrons. The number of benzene rings is 2. The molecule has 6 heteroatoms. The molecule has 0 radical (unpaired) electrons. The molecule has 0 saturated heterocycles. The normalized spacial score (nSPS) is 11.0. The first-order valence-electron chi connectivity index (χ1n) is 8.82. The molecule has 0 aromatic heterocycles. The third-order valence-corrected chi connectivity index (χ3v) is 4.02. The highest BCUT2D eigenvalue weighted by Crippen LogP contribution is 2.27. The van der Waals surface area contributed by atoms with E-state index in [2.05, 4.69) is 36.5 Å². The number of nitrogens with one attached hydrogen (secondary N) is 1. The Morgan fingerprint density at radius 2 is 1.85 bits per heavy atom. The van der Waals surface area contributed by atoms with Crippen molar-refractivity contribution in [3.05, 3.63) is 58.1 Å². The Kier molecular flexibility index (Phi) is 7.67. The second kappa shape index (κ2) is 9.97. The van der Waals surface area contributed by atoms with Crippen LogP contribution in [0.4, 0.5) is 0 Å². The maximum absolute atomic E-state index is 10.9. The molecule has 0 bridgehead atoms. The van der Waals surface area contributed by atoms with Crippen molar-refractivity contribution < 1.29 is 14.3 Å². The molecule has 27 heavy (non-hydrogen) atoms. The first-order valence-corrected chi connectivity index (χ1v) is 9.20. The lowest BCUT2D eigenvalue weighted by molar-refractivity contribution is -0.118. The zero-order valence-corrected chi connectivity index (χ0v) is 16.8. The smallest absolute Gasteiger partial charge is 0.236 e. The van der Waals surface area contributed by atoms with Gasteiger partial charge in [-0.1, -0.05) is 37.6 Å². The maximum Gasteiger partial charge on any atom is 0.236 e. The molecule has 0 aliphatic carbocycles. The quantitative estimate of drug-likeness (QED) is 0.405. The van der Waals surface area contributed by atoms with Crippen LogP contribution in [0.25, 0.3) is 0 Å². The largest absolute Gasteiger partial charge is 0.490 e. The van der Waals surface area contributed by atoms with Crippen molar-refractivity contribution in [2.75, 3.05) is 13.2 Å². The van der Waals surface area contributed by atoms with Crippen molar-refractivity contribution in [2.45, 2.75) is 33.6 Å². The number of carbonyl (C=O) groups excluding carboxylic acids is 1. The predicted molar refractivity (Wildman–Crippen MR) is 109 cm³/mol. The second-order valence-electron chi connectivity index (χ2n) is 6.50. The van der Waals surface area contributed by atoms with Gasteiger partial charge >= 0.3 is 0 Å². The van der Waals surface area contributed by atoms with E-state index in [4.69, 9.17) is 21.1 Å². The number of carbonyl (C=O) groups is 1. The van der Waals surface area contributed by atoms with Crippen molar-refractivity contribution in [1.29, 1.82) is 0 Å². The van der Waals surface area contributed by atoms with E-state index in [0.717, 1.165) is 11.3 Å². The van der Waals surface area contributed by atoms with E-state index in [1.54, 1.807) is 18.2 Å².